The third-order valence-corrected chi connectivity index (χ3v) is 6.06. The van der Waals surface area contributed by atoms with Crippen LogP contribution in [-0.4, -0.2) is 15.0 Å². The first-order valence-electron chi connectivity index (χ1n) is 8.53. The maximum absolute atomic E-state index is 12.7. The van der Waals surface area contributed by atoms with Crippen molar-refractivity contribution in [2.45, 2.75) is 32.7 Å². The van der Waals surface area contributed by atoms with Crippen LogP contribution in [0.4, 0.5) is 0 Å². The van der Waals surface area contributed by atoms with Gasteiger partial charge in [-0.15, -0.1) is 0 Å². The molecule has 0 spiro atoms. The number of hydrogen-bond donors (Lipinski definition) is 1. The summed E-state index contributed by atoms with van der Waals surface area (Å²) in [5.74, 6) is 0.785. The monoisotopic (exact) mass is 357 g/mol. The molecule has 0 saturated heterocycles. The van der Waals surface area contributed by atoms with Gasteiger partial charge in [-0.05, 0) is 61.6 Å². The van der Waals surface area contributed by atoms with Crippen molar-refractivity contribution >= 4 is 16.1 Å². The summed E-state index contributed by atoms with van der Waals surface area (Å²) in [5, 5.41) is 0. The van der Waals surface area contributed by atoms with E-state index in [4.69, 9.17) is 4.74 Å². The van der Waals surface area contributed by atoms with Crippen LogP contribution in [0.3, 0.4) is 0 Å². The Bertz CT molecular complexity index is 870. The highest BCUT2D eigenvalue weighted by atomic mass is 32.2. The molecule has 3 rings (SSSR count). The highest BCUT2D eigenvalue weighted by Gasteiger charge is 2.23. The second-order valence-corrected chi connectivity index (χ2v) is 7.92. The Kier molecular flexibility index (Phi) is 5.25. The number of aryl methyl sites for hydroxylation is 1. The number of allylic oxidation sites excluding steroid dienone is 1. The van der Waals surface area contributed by atoms with Crippen molar-refractivity contribution in [1.29, 1.82) is 0 Å². The van der Waals surface area contributed by atoms with Gasteiger partial charge >= 0.3 is 0 Å². The quantitative estimate of drug-likeness (QED) is 0.848. The van der Waals surface area contributed by atoms with Crippen LogP contribution in [0, 0.1) is 0 Å². The summed E-state index contributed by atoms with van der Waals surface area (Å²) in [6, 6.07) is 15.1. The van der Waals surface area contributed by atoms with Gasteiger partial charge in [0.15, 0.2) is 0 Å². The van der Waals surface area contributed by atoms with Gasteiger partial charge in [0, 0.05) is 6.04 Å². The first-order valence-corrected chi connectivity index (χ1v) is 10.0. The fraction of sp³-hybridized carbons (Fsp3) is 0.300. The highest BCUT2D eigenvalue weighted by molar-refractivity contribution is 7.93. The lowest BCUT2D eigenvalue weighted by atomic mass is 9.98. The van der Waals surface area contributed by atoms with Crippen LogP contribution >= 0.6 is 0 Å². The van der Waals surface area contributed by atoms with Crippen LogP contribution in [0.15, 0.2) is 53.4 Å². The molecule has 25 heavy (non-hydrogen) atoms. The Labute approximate surface area is 149 Å². The first kappa shape index (κ1) is 17.7. The van der Waals surface area contributed by atoms with Crippen molar-refractivity contribution in [2.24, 2.45) is 0 Å². The van der Waals surface area contributed by atoms with E-state index in [9.17, 15) is 8.42 Å². The van der Waals surface area contributed by atoms with Crippen LogP contribution in [-0.2, 0) is 16.4 Å². The Balaban J connectivity index is 1.76. The van der Waals surface area contributed by atoms with Gasteiger partial charge in [0.1, 0.15) is 5.75 Å². The average Bonchev–Trinajstić information content (AvgIpc) is 2.62. The Hall–Kier alpha value is -2.11. The fourth-order valence-corrected chi connectivity index (χ4v) is 4.42. The molecular formula is C20H23NO3S. The summed E-state index contributed by atoms with van der Waals surface area (Å²) < 4.78 is 33.7. The number of hydrogen-bond acceptors (Lipinski definition) is 3. The normalized spacial score (nSPS) is 15.2. The zero-order valence-electron chi connectivity index (χ0n) is 14.5. The van der Waals surface area contributed by atoms with E-state index in [1.54, 1.807) is 6.08 Å². The molecule has 0 amide bonds. The SMILES string of the molecule is CCOc1ccc([C@@H](C)NS(=O)(=O)C2=Cc3ccccc3CC2)cc1. The zero-order chi connectivity index (χ0) is 17.9. The molecule has 0 saturated carbocycles. The molecular weight excluding hydrogens is 334 g/mol. The van der Waals surface area contributed by atoms with E-state index in [-0.39, 0.29) is 6.04 Å². The lowest BCUT2D eigenvalue weighted by Crippen LogP contribution is -2.28. The molecule has 1 aliphatic rings. The van der Waals surface area contributed by atoms with Gasteiger partial charge in [-0.3, -0.25) is 0 Å². The van der Waals surface area contributed by atoms with E-state index in [0.717, 1.165) is 23.3 Å². The van der Waals surface area contributed by atoms with Gasteiger partial charge in [0.05, 0.1) is 11.5 Å². The van der Waals surface area contributed by atoms with Crippen molar-refractivity contribution in [1.82, 2.24) is 4.72 Å². The number of rotatable bonds is 6. The third-order valence-electron chi connectivity index (χ3n) is 4.38. The molecule has 132 valence electrons. The summed E-state index contributed by atoms with van der Waals surface area (Å²) in [5.41, 5.74) is 3.09. The lowest BCUT2D eigenvalue weighted by Gasteiger charge is -2.20. The molecule has 2 aromatic carbocycles. The number of nitrogens with one attached hydrogen (secondary N) is 1. The van der Waals surface area contributed by atoms with Crippen molar-refractivity contribution in [3.05, 3.63) is 70.1 Å². The van der Waals surface area contributed by atoms with Gasteiger partial charge in [-0.25, -0.2) is 13.1 Å². The summed E-state index contributed by atoms with van der Waals surface area (Å²) in [6.07, 6.45) is 3.06. The number of benzene rings is 2. The summed E-state index contributed by atoms with van der Waals surface area (Å²) in [7, 11) is -3.51. The second kappa shape index (κ2) is 7.42. The number of sulfonamides is 1. The van der Waals surface area contributed by atoms with Crippen molar-refractivity contribution in [3.8, 4) is 5.75 Å². The molecule has 1 N–H and O–H groups in total. The predicted octanol–water partition coefficient (Wildman–Crippen LogP) is 4.05. The molecule has 0 unspecified atom stereocenters. The van der Waals surface area contributed by atoms with E-state index in [2.05, 4.69) is 4.72 Å². The molecule has 0 fully saturated rings. The summed E-state index contributed by atoms with van der Waals surface area (Å²) in [6.45, 7) is 4.39. The summed E-state index contributed by atoms with van der Waals surface area (Å²) in [4.78, 5) is 0.448. The first-order chi connectivity index (χ1) is 12.0. The van der Waals surface area contributed by atoms with Crippen LogP contribution in [0.2, 0.25) is 0 Å². The largest absolute Gasteiger partial charge is 0.494 e. The van der Waals surface area contributed by atoms with Crippen LogP contribution < -0.4 is 9.46 Å². The van der Waals surface area contributed by atoms with E-state index in [1.165, 1.54) is 5.56 Å². The molecule has 5 heteroatoms. The number of ether oxygens (including phenoxy) is 1. The van der Waals surface area contributed by atoms with Crippen LogP contribution in [0.25, 0.3) is 6.08 Å². The minimum Gasteiger partial charge on any atom is -0.494 e. The smallest absolute Gasteiger partial charge is 0.237 e. The molecule has 2 aromatic rings. The van der Waals surface area contributed by atoms with Gasteiger partial charge in [-0.2, -0.15) is 0 Å². The van der Waals surface area contributed by atoms with E-state index in [0.29, 0.717) is 17.9 Å². The molecule has 1 aliphatic carbocycles. The fourth-order valence-electron chi connectivity index (χ4n) is 3.01. The third kappa shape index (κ3) is 4.11. The highest BCUT2D eigenvalue weighted by Crippen LogP contribution is 2.28. The second-order valence-electron chi connectivity index (χ2n) is 6.15. The Morgan fingerprint density at radius 2 is 1.80 bits per heavy atom. The Morgan fingerprint density at radius 3 is 2.52 bits per heavy atom. The van der Waals surface area contributed by atoms with E-state index < -0.39 is 10.0 Å². The van der Waals surface area contributed by atoms with Gasteiger partial charge in [-0.1, -0.05) is 36.4 Å². The molecule has 0 bridgehead atoms. The minimum absolute atomic E-state index is 0.307. The predicted molar refractivity (Wildman–Crippen MR) is 101 cm³/mol. The van der Waals surface area contributed by atoms with E-state index >= 15 is 0 Å². The Morgan fingerprint density at radius 1 is 1.08 bits per heavy atom. The maximum Gasteiger partial charge on any atom is 0.237 e. The lowest BCUT2D eigenvalue weighted by molar-refractivity contribution is 0.340. The minimum atomic E-state index is -3.51. The van der Waals surface area contributed by atoms with Gasteiger partial charge in [0.2, 0.25) is 10.0 Å². The standard InChI is InChI=1S/C20H23NO3S/c1-3-24-19-11-8-16(9-12-19)15(2)21-25(22,23)20-13-10-17-6-4-5-7-18(17)14-20/h4-9,11-12,14-15,21H,3,10,13H2,1-2H3/t15-/m1/s1. The molecule has 1 atom stereocenters. The van der Waals surface area contributed by atoms with E-state index in [1.807, 2.05) is 62.4 Å². The van der Waals surface area contributed by atoms with Gasteiger partial charge < -0.3 is 4.74 Å². The molecule has 4 nitrogen and oxygen atoms in total. The maximum atomic E-state index is 12.7. The molecule has 0 aliphatic heterocycles. The molecule has 0 aromatic heterocycles. The molecule has 0 radical (unpaired) electrons. The zero-order valence-corrected chi connectivity index (χ0v) is 15.3. The topological polar surface area (TPSA) is 55.4 Å². The average molecular weight is 357 g/mol. The molecule has 0 heterocycles. The van der Waals surface area contributed by atoms with Gasteiger partial charge in [0.25, 0.3) is 0 Å². The van der Waals surface area contributed by atoms with Crippen LogP contribution in [0.5, 0.6) is 5.75 Å². The van der Waals surface area contributed by atoms with Crippen molar-refractivity contribution < 1.29 is 13.2 Å². The van der Waals surface area contributed by atoms with Crippen molar-refractivity contribution in [3.63, 3.8) is 0 Å². The van der Waals surface area contributed by atoms with Crippen molar-refractivity contribution in [2.75, 3.05) is 6.61 Å². The summed E-state index contributed by atoms with van der Waals surface area (Å²) >= 11 is 0. The number of fused-ring (bicyclic) bond motifs is 1. The van der Waals surface area contributed by atoms with Crippen LogP contribution in [0.1, 0.15) is 43.0 Å².